The van der Waals surface area contributed by atoms with Crippen molar-refractivity contribution in [3.05, 3.63) is 60.2 Å². The number of rotatable bonds is 7. The lowest BCUT2D eigenvalue weighted by Crippen LogP contribution is -2.67. The van der Waals surface area contributed by atoms with Gasteiger partial charge in [-0.05, 0) is 22.9 Å². The Morgan fingerprint density at radius 2 is 1.33 bits per heavy atom. The second-order valence-corrected chi connectivity index (χ2v) is 9.93. The van der Waals surface area contributed by atoms with Crippen molar-refractivity contribution in [2.45, 2.75) is 57.2 Å². The number of thioether (sulfide) groups is 1. The Morgan fingerprint density at radius 1 is 0.769 bits per heavy atom. The molecule has 1 spiro atoms. The SMILES string of the molecule is CC(=O)OCC1O[C@]2(ON=C(c3ccc(-c4ccccc4)cc3)S2)C(OC(C)=O)C(OC(C)=O)[C@@H]1OC(C)=O. The Balaban J connectivity index is 1.67. The Hall–Kier alpha value is -3.90. The van der Waals surface area contributed by atoms with Gasteiger partial charge in [0.25, 0.3) is 0 Å². The molecule has 2 heterocycles. The number of hydrogen-bond acceptors (Lipinski definition) is 12. The second kappa shape index (κ2) is 11.9. The zero-order valence-corrected chi connectivity index (χ0v) is 22.5. The van der Waals surface area contributed by atoms with E-state index < -0.39 is 53.4 Å². The van der Waals surface area contributed by atoms with Crippen LogP contribution in [0.2, 0.25) is 0 Å². The minimum Gasteiger partial charge on any atom is -0.463 e. The molecule has 11 nitrogen and oxygen atoms in total. The molecule has 2 aliphatic rings. The van der Waals surface area contributed by atoms with E-state index >= 15 is 0 Å². The molecule has 0 amide bonds. The van der Waals surface area contributed by atoms with E-state index in [0.29, 0.717) is 10.6 Å². The average molecular weight is 558 g/mol. The highest BCUT2D eigenvalue weighted by atomic mass is 32.2. The van der Waals surface area contributed by atoms with Gasteiger partial charge < -0.3 is 28.5 Å². The number of carbonyl (C=O) groups is 4. The molecular weight excluding hydrogens is 530 g/mol. The van der Waals surface area contributed by atoms with Gasteiger partial charge in [0, 0.05) is 33.3 Å². The predicted octanol–water partition coefficient (Wildman–Crippen LogP) is 3.19. The van der Waals surface area contributed by atoms with Crippen LogP contribution in [-0.2, 0) is 47.7 Å². The third-order valence-electron chi connectivity index (χ3n) is 5.73. The lowest BCUT2D eigenvalue weighted by Gasteiger charge is -2.47. The molecule has 0 radical (unpaired) electrons. The van der Waals surface area contributed by atoms with Gasteiger partial charge in [-0.25, -0.2) is 0 Å². The van der Waals surface area contributed by atoms with Crippen LogP contribution in [0.25, 0.3) is 11.1 Å². The summed E-state index contributed by atoms with van der Waals surface area (Å²) in [5, 5.41) is 2.73. The Labute approximate surface area is 228 Å². The van der Waals surface area contributed by atoms with Crippen LogP contribution in [0.4, 0.5) is 0 Å². The Kier molecular flexibility index (Phi) is 8.56. The number of ether oxygens (including phenoxy) is 5. The highest BCUT2D eigenvalue weighted by Gasteiger charge is 2.65. The molecule has 2 aromatic rings. The van der Waals surface area contributed by atoms with Gasteiger partial charge >= 0.3 is 29.0 Å². The highest BCUT2D eigenvalue weighted by Crippen LogP contribution is 2.48. The first-order chi connectivity index (χ1) is 18.6. The molecule has 0 N–H and O–H groups in total. The quantitative estimate of drug-likeness (QED) is 0.367. The summed E-state index contributed by atoms with van der Waals surface area (Å²) in [5.41, 5.74) is 2.72. The van der Waals surface area contributed by atoms with E-state index in [2.05, 4.69) is 5.16 Å². The molecular formula is C27H27NO10S. The zero-order chi connectivity index (χ0) is 28.2. The largest absolute Gasteiger partial charge is 0.463 e. The van der Waals surface area contributed by atoms with Gasteiger partial charge in [-0.15, -0.1) is 0 Å². The van der Waals surface area contributed by atoms with Crippen molar-refractivity contribution in [3.8, 4) is 11.1 Å². The molecule has 3 unspecified atom stereocenters. The summed E-state index contributed by atoms with van der Waals surface area (Å²) in [6.45, 7) is 4.29. The number of benzene rings is 2. The maximum absolute atomic E-state index is 12.1. The van der Waals surface area contributed by atoms with E-state index in [1.54, 1.807) is 0 Å². The number of esters is 4. The van der Waals surface area contributed by atoms with E-state index in [-0.39, 0.29) is 6.61 Å². The minimum atomic E-state index is -1.85. The van der Waals surface area contributed by atoms with Crippen molar-refractivity contribution >= 4 is 40.7 Å². The van der Waals surface area contributed by atoms with E-state index in [0.717, 1.165) is 43.7 Å². The Bertz CT molecular complexity index is 1270. The van der Waals surface area contributed by atoms with Gasteiger partial charge in [0.2, 0.25) is 6.10 Å². The number of carbonyl (C=O) groups excluding carboxylic acids is 4. The summed E-state index contributed by atoms with van der Waals surface area (Å²) in [6, 6.07) is 17.4. The van der Waals surface area contributed by atoms with Gasteiger partial charge in [0.15, 0.2) is 12.2 Å². The second-order valence-electron chi connectivity index (χ2n) is 8.77. The standard InChI is InChI=1S/C27H27NO10S/c1-15(29)33-14-22-23(34-16(2)30)24(35-17(3)31)25(36-18(4)32)27(37-22)38-28-26(39-27)21-12-10-20(11-13-21)19-8-6-5-7-9-19/h5-13,22-25H,14H2,1-4H3/t22?,23-,24?,25?,27+/m1/s1. The molecule has 0 aliphatic carbocycles. The molecule has 2 aliphatic heterocycles. The van der Waals surface area contributed by atoms with Gasteiger partial charge in [0.05, 0.1) is 0 Å². The molecule has 39 heavy (non-hydrogen) atoms. The van der Waals surface area contributed by atoms with Crippen LogP contribution in [0, 0.1) is 0 Å². The van der Waals surface area contributed by atoms with Crippen LogP contribution in [0.1, 0.15) is 33.3 Å². The minimum absolute atomic E-state index is 0.370. The normalized spacial score (nSPS) is 25.7. The van der Waals surface area contributed by atoms with E-state index in [1.165, 1.54) is 6.92 Å². The fourth-order valence-electron chi connectivity index (χ4n) is 4.21. The maximum Gasteiger partial charge on any atom is 0.332 e. The monoisotopic (exact) mass is 557 g/mol. The summed E-state index contributed by atoms with van der Waals surface area (Å²) < 4.78 is 27.7. The summed E-state index contributed by atoms with van der Waals surface area (Å²) in [5.74, 6) is -2.81. The van der Waals surface area contributed by atoms with Crippen molar-refractivity contribution in [2.24, 2.45) is 5.16 Å². The first kappa shape index (κ1) is 28.1. The Morgan fingerprint density at radius 3 is 1.92 bits per heavy atom. The van der Waals surface area contributed by atoms with Crippen molar-refractivity contribution in [1.29, 1.82) is 0 Å². The van der Waals surface area contributed by atoms with Crippen LogP contribution < -0.4 is 0 Å². The van der Waals surface area contributed by atoms with E-state index in [4.69, 9.17) is 28.5 Å². The van der Waals surface area contributed by atoms with Gasteiger partial charge in [-0.1, -0.05) is 59.8 Å². The number of nitrogens with zero attached hydrogens (tertiary/aromatic N) is 1. The summed E-state index contributed by atoms with van der Waals surface area (Å²) >= 11 is 0.985. The fraction of sp³-hybridized carbons (Fsp3) is 0.370. The molecule has 206 valence electrons. The number of oxime groups is 1. The van der Waals surface area contributed by atoms with Crippen molar-refractivity contribution in [2.75, 3.05) is 6.61 Å². The molecule has 1 saturated heterocycles. The molecule has 5 atom stereocenters. The topological polar surface area (TPSA) is 136 Å². The van der Waals surface area contributed by atoms with E-state index in [1.807, 2.05) is 54.6 Å². The molecule has 1 fully saturated rings. The molecule has 0 bridgehead atoms. The van der Waals surface area contributed by atoms with Crippen LogP contribution in [0.5, 0.6) is 0 Å². The van der Waals surface area contributed by atoms with Crippen molar-refractivity contribution in [3.63, 3.8) is 0 Å². The first-order valence-electron chi connectivity index (χ1n) is 12.0. The lowest BCUT2D eigenvalue weighted by molar-refractivity contribution is -0.323. The highest BCUT2D eigenvalue weighted by molar-refractivity contribution is 8.15. The maximum atomic E-state index is 12.1. The van der Waals surface area contributed by atoms with E-state index in [9.17, 15) is 19.2 Å². The summed E-state index contributed by atoms with van der Waals surface area (Å²) in [6.07, 6.45) is -5.23. The van der Waals surface area contributed by atoms with Crippen molar-refractivity contribution in [1.82, 2.24) is 0 Å². The lowest BCUT2D eigenvalue weighted by atomic mass is 9.98. The average Bonchev–Trinajstić information content (AvgIpc) is 3.31. The van der Waals surface area contributed by atoms with Crippen molar-refractivity contribution < 1.29 is 47.7 Å². The molecule has 2 aromatic carbocycles. The molecule has 4 rings (SSSR count). The third kappa shape index (κ3) is 6.58. The molecule has 0 aromatic heterocycles. The van der Waals surface area contributed by atoms with Gasteiger partial charge in [-0.2, -0.15) is 0 Å². The van der Waals surface area contributed by atoms with Crippen LogP contribution in [0.3, 0.4) is 0 Å². The fourth-order valence-corrected chi connectivity index (χ4v) is 5.35. The van der Waals surface area contributed by atoms with Crippen LogP contribution in [0.15, 0.2) is 59.8 Å². The first-order valence-corrected chi connectivity index (χ1v) is 12.8. The number of hydrogen-bond donors (Lipinski definition) is 0. The van der Waals surface area contributed by atoms with Crippen LogP contribution in [-0.4, -0.2) is 65.1 Å². The summed E-state index contributed by atoms with van der Waals surface area (Å²) in [4.78, 5) is 53.5. The van der Waals surface area contributed by atoms with Gasteiger partial charge in [0.1, 0.15) is 17.8 Å². The predicted molar refractivity (Wildman–Crippen MR) is 138 cm³/mol. The molecule has 0 saturated carbocycles. The smallest absolute Gasteiger partial charge is 0.332 e. The van der Waals surface area contributed by atoms with Crippen LogP contribution >= 0.6 is 11.8 Å². The zero-order valence-electron chi connectivity index (χ0n) is 21.7. The molecule has 12 heteroatoms. The summed E-state index contributed by atoms with van der Waals surface area (Å²) in [7, 11) is 0. The van der Waals surface area contributed by atoms with Gasteiger partial charge in [-0.3, -0.25) is 19.2 Å². The third-order valence-corrected chi connectivity index (χ3v) is 6.93.